The highest BCUT2D eigenvalue weighted by Crippen LogP contribution is 2.35. The number of nitrogens with one attached hydrogen (secondary N) is 1. The Morgan fingerprint density at radius 1 is 1.11 bits per heavy atom. The van der Waals surface area contributed by atoms with Crippen LogP contribution in [0.5, 0.6) is 11.5 Å². The number of benzene rings is 2. The highest BCUT2D eigenvalue weighted by Gasteiger charge is 2.32. The summed E-state index contributed by atoms with van der Waals surface area (Å²) in [6, 6.07) is 16.6. The van der Waals surface area contributed by atoms with E-state index in [1.165, 1.54) is 18.4 Å². The minimum atomic E-state index is 0.0519. The van der Waals surface area contributed by atoms with Crippen LogP contribution in [0.3, 0.4) is 0 Å². The van der Waals surface area contributed by atoms with Gasteiger partial charge in [-0.1, -0.05) is 36.4 Å². The van der Waals surface area contributed by atoms with Crippen LogP contribution in [0, 0.1) is 5.92 Å². The fourth-order valence-corrected chi connectivity index (χ4v) is 3.53. The van der Waals surface area contributed by atoms with Gasteiger partial charge >= 0.3 is 0 Å². The molecule has 2 aromatic carbocycles. The van der Waals surface area contributed by atoms with Crippen LogP contribution in [0.4, 0.5) is 0 Å². The maximum Gasteiger partial charge on any atom is 0.234 e. The summed E-state index contributed by atoms with van der Waals surface area (Å²) >= 11 is 0. The Labute approximate surface area is 160 Å². The van der Waals surface area contributed by atoms with E-state index in [1.807, 2.05) is 24.3 Å². The molecule has 0 aromatic heterocycles. The Hall–Kier alpha value is -2.53. The third kappa shape index (κ3) is 4.61. The van der Waals surface area contributed by atoms with Crippen molar-refractivity contribution in [3.63, 3.8) is 0 Å². The number of fused-ring (bicyclic) bond motifs is 1. The van der Waals surface area contributed by atoms with Crippen LogP contribution in [0.2, 0.25) is 0 Å². The summed E-state index contributed by atoms with van der Waals surface area (Å²) in [6.45, 7) is 4.21. The van der Waals surface area contributed by atoms with Crippen LogP contribution in [0.1, 0.15) is 30.9 Å². The molecule has 142 valence electrons. The average Bonchev–Trinajstić information content (AvgIpc) is 3.43. The molecule has 0 bridgehead atoms. The maximum absolute atomic E-state index is 12.6. The van der Waals surface area contributed by atoms with Crippen LogP contribution < -0.4 is 14.8 Å². The summed E-state index contributed by atoms with van der Waals surface area (Å²) in [6.07, 6.45) is 2.54. The van der Waals surface area contributed by atoms with E-state index in [9.17, 15) is 4.79 Å². The number of rotatable bonds is 8. The molecule has 0 unspecified atom stereocenters. The fourth-order valence-electron chi connectivity index (χ4n) is 3.53. The van der Waals surface area contributed by atoms with E-state index in [0.717, 1.165) is 29.5 Å². The molecule has 1 atom stereocenters. The van der Waals surface area contributed by atoms with Gasteiger partial charge in [-0.2, -0.15) is 0 Å². The first kappa shape index (κ1) is 17.9. The van der Waals surface area contributed by atoms with E-state index < -0.39 is 0 Å². The number of carbonyl (C=O) groups excluding carboxylic acids is 1. The van der Waals surface area contributed by atoms with E-state index in [2.05, 4.69) is 41.4 Å². The van der Waals surface area contributed by atoms with E-state index >= 15 is 0 Å². The molecule has 1 heterocycles. The largest absolute Gasteiger partial charge is 0.454 e. The van der Waals surface area contributed by atoms with Gasteiger partial charge in [0.2, 0.25) is 12.7 Å². The third-order valence-electron chi connectivity index (χ3n) is 5.38. The van der Waals surface area contributed by atoms with Crippen LogP contribution in [-0.4, -0.2) is 30.2 Å². The van der Waals surface area contributed by atoms with E-state index in [0.29, 0.717) is 19.1 Å². The molecule has 2 aromatic rings. The lowest BCUT2D eigenvalue weighted by Gasteiger charge is -2.28. The van der Waals surface area contributed by atoms with Crippen molar-refractivity contribution in [2.45, 2.75) is 38.9 Å². The highest BCUT2D eigenvalue weighted by atomic mass is 16.7. The number of hydrogen-bond donors (Lipinski definition) is 1. The molecule has 4 rings (SSSR count). The van der Waals surface area contributed by atoms with E-state index in [-0.39, 0.29) is 12.7 Å². The van der Waals surface area contributed by atoms with E-state index in [4.69, 9.17) is 9.47 Å². The monoisotopic (exact) mass is 366 g/mol. The minimum Gasteiger partial charge on any atom is -0.454 e. The van der Waals surface area contributed by atoms with Gasteiger partial charge in [-0.05, 0) is 48.9 Å². The van der Waals surface area contributed by atoms with Gasteiger partial charge in [0.1, 0.15) is 0 Å². The molecular formula is C22H26N2O3. The second-order valence-corrected chi connectivity index (χ2v) is 7.43. The Kier molecular flexibility index (Phi) is 5.30. The zero-order valence-corrected chi connectivity index (χ0v) is 15.7. The number of ether oxygens (including phenoxy) is 2. The number of nitrogens with zero attached hydrogens (tertiary/aromatic N) is 1. The van der Waals surface area contributed by atoms with Gasteiger partial charge < -0.3 is 14.8 Å². The predicted molar refractivity (Wildman–Crippen MR) is 103 cm³/mol. The van der Waals surface area contributed by atoms with Crippen molar-refractivity contribution >= 4 is 5.91 Å². The van der Waals surface area contributed by atoms with Crippen molar-refractivity contribution < 1.29 is 14.3 Å². The van der Waals surface area contributed by atoms with Gasteiger partial charge in [-0.3, -0.25) is 9.69 Å². The molecule has 1 aliphatic heterocycles. The quantitative estimate of drug-likeness (QED) is 0.779. The van der Waals surface area contributed by atoms with Crippen molar-refractivity contribution in [1.29, 1.82) is 0 Å². The highest BCUT2D eigenvalue weighted by molar-refractivity contribution is 5.78. The maximum atomic E-state index is 12.6. The Morgan fingerprint density at radius 3 is 2.67 bits per heavy atom. The molecule has 1 amide bonds. The van der Waals surface area contributed by atoms with Gasteiger partial charge in [-0.25, -0.2) is 0 Å². The van der Waals surface area contributed by atoms with Crippen molar-refractivity contribution in [2.24, 2.45) is 5.92 Å². The molecule has 0 spiro atoms. The smallest absolute Gasteiger partial charge is 0.234 e. The fraction of sp³-hybridized carbons (Fsp3) is 0.409. The molecule has 1 saturated carbocycles. The Bertz CT molecular complexity index is 789. The summed E-state index contributed by atoms with van der Waals surface area (Å²) in [5.41, 5.74) is 2.26. The summed E-state index contributed by atoms with van der Waals surface area (Å²) in [7, 11) is 0. The van der Waals surface area contributed by atoms with Gasteiger partial charge in [0.05, 0.1) is 6.54 Å². The topological polar surface area (TPSA) is 50.8 Å². The van der Waals surface area contributed by atoms with Crippen molar-refractivity contribution in [3.05, 3.63) is 59.7 Å². The third-order valence-corrected chi connectivity index (χ3v) is 5.38. The lowest BCUT2D eigenvalue weighted by atomic mass is 10.1. The van der Waals surface area contributed by atoms with Gasteiger partial charge in [0.15, 0.2) is 11.5 Å². The zero-order chi connectivity index (χ0) is 18.6. The van der Waals surface area contributed by atoms with E-state index in [1.54, 1.807) is 0 Å². The summed E-state index contributed by atoms with van der Waals surface area (Å²) in [4.78, 5) is 14.9. The first-order valence-corrected chi connectivity index (χ1v) is 9.62. The minimum absolute atomic E-state index is 0.0519. The Balaban J connectivity index is 1.34. The average molecular weight is 366 g/mol. The standard InChI is InChI=1S/C22H26N2O3/c1-16(19-8-9-19)24(13-17-5-3-2-4-6-17)14-22(25)23-12-18-7-10-20-21(11-18)27-15-26-20/h2-7,10-11,16,19H,8-9,12-15H2,1H3,(H,23,25)/t16-/m1/s1. The normalized spacial score (nSPS) is 16.4. The molecule has 5 nitrogen and oxygen atoms in total. The molecule has 27 heavy (non-hydrogen) atoms. The van der Waals surface area contributed by atoms with Gasteiger partial charge in [0, 0.05) is 19.1 Å². The number of amides is 1. The zero-order valence-electron chi connectivity index (χ0n) is 15.7. The molecule has 5 heteroatoms. The molecule has 0 saturated heterocycles. The molecule has 2 aliphatic rings. The van der Waals surface area contributed by atoms with Crippen LogP contribution in [0.15, 0.2) is 48.5 Å². The second-order valence-electron chi connectivity index (χ2n) is 7.43. The summed E-state index contributed by atoms with van der Waals surface area (Å²) < 4.78 is 10.7. The summed E-state index contributed by atoms with van der Waals surface area (Å²) in [5.74, 6) is 2.28. The lowest BCUT2D eigenvalue weighted by molar-refractivity contribution is -0.123. The number of carbonyl (C=O) groups is 1. The van der Waals surface area contributed by atoms with Crippen molar-refractivity contribution in [2.75, 3.05) is 13.3 Å². The molecule has 1 N–H and O–H groups in total. The van der Waals surface area contributed by atoms with Crippen molar-refractivity contribution in [1.82, 2.24) is 10.2 Å². The second kappa shape index (κ2) is 8.01. The van der Waals surface area contributed by atoms with Crippen LogP contribution >= 0.6 is 0 Å². The molecule has 1 aliphatic carbocycles. The van der Waals surface area contributed by atoms with Crippen LogP contribution in [0.25, 0.3) is 0 Å². The van der Waals surface area contributed by atoms with Gasteiger partial charge in [-0.15, -0.1) is 0 Å². The molecule has 1 fully saturated rings. The molecular weight excluding hydrogens is 340 g/mol. The van der Waals surface area contributed by atoms with Crippen molar-refractivity contribution in [3.8, 4) is 11.5 Å². The van der Waals surface area contributed by atoms with Crippen LogP contribution in [-0.2, 0) is 17.9 Å². The lowest BCUT2D eigenvalue weighted by Crippen LogP contribution is -2.42. The first-order chi connectivity index (χ1) is 13.2. The number of hydrogen-bond acceptors (Lipinski definition) is 4. The first-order valence-electron chi connectivity index (χ1n) is 9.62. The SMILES string of the molecule is C[C@H](C1CC1)N(CC(=O)NCc1ccc2c(c1)OCO2)Cc1ccccc1. The predicted octanol–water partition coefficient (Wildman–Crippen LogP) is 3.33. The Morgan fingerprint density at radius 2 is 1.89 bits per heavy atom. The summed E-state index contributed by atoms with van der Waals surface area (Å²) in [5, 5.41) is 3.04. The van der Waals surface area contributed by atoms with Gasteiger partial charge in [0.25, 0.3) is 0 Å². The molecule has 0 radical (unpaired) electrons.